The van der Waals surface area contributed by atoms with Crippen LogP contribution in [-0.4, -0.2) is 19.0 Å². The van der Waals surface area contributed by atoms with Crippen LogP contribution >= 0.6 is 23.2 Å². The Bertz CT molecular complexity index is 480. The van der Waals surface area contributed by atoms with Crippen LogP contribution in [-0.2, 0) is 14.3 Å². The molecule has 4 nitrogen and oxygen atoms in total. The summed E-state index contributed by atoms with van der Waals surface area (Å²) in [7, 11) is 1.22. The van der Waals surface area contributed by atoms with Crippen molar-refractivity contribution in [2.75, 3.05) is 12.4 Å². The monoisotopic (exact) mass is 287 g/mol. The van der Waals surface area contributed by atoms with E-state index in [9.17, 15) is 9.59 Å². The van der Waals surface area contributed by atoms with E-state index in [1.54, 1.807) is 18.2 Å². The molecular weight excluding hydrogens is 277 g/mol. The van der Waals surface area contributed by atoms with Gasteiger partial charge in [-0.3, -0.25) is 4.79 Å². The minimum atomic E-state index is -0.616. The van der Waals surface area contributed by atoms with Gasteiger partial charge in [0.15, 0.2) is 0 Å². The van der Waals surface area contributed by atoms with E-state index in [4.69, 9.17) is 23.2 Å². The first-order chi connectivity index (χ1) is 8.42. The molecule has 0 saturated carbocycles. The number of benzene rings is 1. The Balaban J connectivity index is 2.65. The smallest absolute Gasteiger partial charge is 0.333 e. The Morgan fingerprint density at radius 2 is 1.83 bits per heavy atom. The van der Waals surface area contributed by atoms with Gasteiger partial charge >= 0.3 is 5.97 Å². The van der Waals surface area contributed by atoms with E-state index in [1.165, 1.54) is 7.11 Å². The lowest BCUT2D eigenvalue weighted by molar-refractivity contribution is -0.137. The SMILES string of the molecule is C=C(CC(=O)Nc1cc(Cl)cc(Cl)c1)C(=O)OC. The van der Waals surface area contributed by atoms with Crippen LogP contribution in [0.3, 0.4) is 0 Å². The highest BCUT2D eigenvalue weighted by atomic mass is 35.5. The van der Waals surface area contributed by atoms with Crippen molar-refractivity contribution >= 4 is 40.8 Å². The van der Waals surface area contributed by atoms with Crippen LogP contribution in [0, 0.1) is 0 Å². The highest BCUT2D eigenvalue weighted by Crippen LogP contribution is 2.22. The first-order valence-electron chi connectivity index (χ1n) is 4.94. The van der Waals surface area contributed by atoms with Crippen molar-refractivity contribution in [3.05, 3.63) is 40.4 Å². The van der Waals surface area contributed by atoms with Crippen molar-refractivity contribution in [2.24, 2.45) is 0 Å². The summed E-state index contributed by atoms with van der Waals surface area (Å²) in [6.45, 7) is 3.45. The van der Waals surface area contributed by atoms with Gasteiger partial charge < -0.3 is 10.1 Å². The Hall–Kier alpha value is -1.52. The normalized spacial score (nSPS) is 9.72. The molecule has 0 atom stereocenters. The second-order valence-electron chi connectivity index (χ2n) is 3.48. The molecule has 1 aromatic carbocycles. The maximum atomic E-state index is 11.6. The lowest BCUT2D eigenvalue weighted by atomic mass is 10.2. The molecule has 96 valence electrons. The zero-order valence-corrected chi connectivity index (χ0v) is 11.1. The summed E-state index contributed by atoms with van der Waals surface area (Å²) in [5.74, 6) is -1.02. The second kappa shape index (κ2) is 6.42. The van der Waals surface area contributed by atoms with E-state index < -0.39 is 11.9 Å². The Morgan fingerprint density at radius 3 is 2.33 bits per heavy atom. The molecule has 0 aromatic heterocycles. The molecule has 0 saturated heterocycles. The summed E-state index contributed by atoms with van der Waals surface area (Å²) < 4.78 is 4.44. The maximum Gasteiger partial charge on any atom is 0.333 e. The predicted molar refractivity (Wildman–Crippen MR) is 70.9 cm³/mol. The third kappa shape index (κ3) is 4.39. The molecule has 0 aliphatic heterocycles. The van der Waals surface area contributed by atoms with E-state index in [0.717, 1.165) is 0 Å². The largest absolute Gasteiger partial charge is 0.466 e. The fourth-order valence-corrected chi connectivity index (χ4v) is 1.77. The third-order valence-corrected chi connectivity index (χ3v) is 2.43. The van der Waals surface area contributed by atoms with Crippen LogP contribution in [0.4, 0.5) is 5.69 Å². The molecule has 1 N–H and O–H groups in total. The first-order valence-corrected chi connectivity index (χ1v) is 5.70. The van der Waals surface area contributed by atoms with Gasteiger partial charge in [0.05, 0.1) is 13.5 Å². The highest BCUT2D eigenvalue weighted by molar-refractivity contribution is 6.35. The summed E-state index contributed by atoms with van der Waals surface area (Å²) in [6, 6.07) is 4.64. The van der Waals surface area contributed by atoms with E-state index in [2.05, 4.69) is 16.6 Å². The lowest BCUT2D eigenvalue weighted by Gasteiger charge is -2.07. The number of carbonyl (C=O) groups excluding carboxylic acids is 2. The zero-order valence-electron chi connectivity index (χ0n) is 9.63. The number of rotatable bonds is 4. The number of hydrogen-bond acceptors (Lipinski definition) is 3. The minimum absolute atomic E-state index is 0.0723. The molecule has 0 heterocycles. The van der Waals surface area contributed by atoms with Gasteiger partial charge in [-0.2, -0.15) is 0 Å². The number of halogens is 2. The fourth-order valence-electron chi connectivity index (χ4n) is 1.24. The fraction of sp³-hybridized carbons (Fsp3) is 0.167. The molecule has 0 aliphatic carbocycles. The van der Waals surface area contributed by atoms with Gasteiger partial charge in [-0.15, -0.1) is 0 Å². The van der Waals surface area contributed by atoms with E-state index in [-0.39, 0.29) is 12.0 Å². The van der Waals surface area contributed by atoms with Gasteiger partial charge in [-0.25, -0.2) is 4.79 Å². The maximum absolute atomic E-state index is 11.6. The average Bonchev–Trinajstić information content (AvgIpc) is 2.25. The van der Waals surface area contributed by atoms with Gasteiger partial charge in [-0.05, 0) is 18.2 Å². The molecule has 18 heavy (non-hydrogen) atoms. The number of anilines is 1. The van der Waals surface area contributed by atoms with Crippen molar-refractivity contribution in [2.45, 2.75) is 6.42 Å². The van der Waals surface area contributed by atoms with E-state index in [1.807, 2.05) is 0 Å². The number of nitrogens with one attached hydrogen (secondary N) is 1. The molecule has 0 aliphatic rings. The number of esters is 1. The van der Waals surface area contributed by atoms with Crippen molar-refractivity contribution < 1.29 is 14.3 Å². The highest BCUT2D eigenvalue weighted by Gasteiger charge is 2.12. The zero-order chi connectivity index (χ0) is 13.7. The molecule has 1 aromatic rings. The number of hydrogen-bond donors (Lipinski definition) is 1. The molecule has 6 heteroatoms. The van der Waals surface area contributed by atoms with Crippen LogP contribution in [0.1, 0.15) is 6.42 Å². The van der Waals surface area contributed by atoms with Gasteiger partial charge in [0.1, 0.15) is 0 Å². The molecule has 0 fully saturated rings. The number of ether oxygens (including phenoxy) is 1. The molecule has 0 bridgehead atoms. The van der Waals surface area contributed by atoms with Crippen LogP contribution in [0.2, 0.25) is 10.0 Å². The van der Waals surface area contributed by atoms with Crippen molar-refractivity contribution in [1.29, 1.82) is 0 Å². The number of methoxy groups -OCH3 is 1. The number of amides is 1. The molecular formula is C12H11Cl2NO3. The van der Waals surface area contributed by atoms with Crippen molar-refractivity contribution in [3.63, 3.8) is 0 Å². The van der Waals surface area contributed by atoms with Crippen molar-refractivity contribution in [1.82, 2.24) is 0 Å². The first kappa shape index (κ1) is 14.5. The molecule has 1 amide bonds. The summed E-state index contributed by atoms with van der Waals surface area (Å²) in [4.78, 5) is 22.7. The van der Waals surface area contributed by atoms with Crippen LogP contribution in [0.15, 0.2) is 30.4 Å². The Morgan fingerprint density at radius 1 is 1.28 bits per heavy atom. The molecule has 0 spiro atoms. The van der Waals surface area contributed by atoms with Gasteiger partial charge in [-0.1, -0.05) is 29.8 Å². The summed E-state index contributed by atoms with van der Waals surface area (Å²) in [6.07, 6.45) is -0.156. The summed E-state index contributed by atoms with van der Waals surface area (Å²) >= 11 is 11.6. The van der Waals surface area contributed by atoms with Gasteiger partial charge in [0, 0.05) is 21.3 Å². The standard InChI is InChI=1S/C12H11Cl2NO3/c1-7(12(17)18-2)3-11(16)15-10-5-8(13)4-9(14)6-10/h4-6H,1,3H2,2H3,(H,15,16). The predicted octanol–water partition coefficient (Wildman–Crippen LogP) is 3.05. The quantitative estimate of drug-likeness (QED) is 0.684. The van der Waals surface area contributed by atoms with Crippen LogP contribution < -0.4 is 5.32 Å². The van der Waals surface area contributed by atoms with Gasteiger partial charge in [0.2, 0.25) is 5.91 Å². The molecule has 0 radical (unpaired) electrons. The average molecular weight is 288 g/mol. The summed E-state index contributed by atoms with van der Waals surface area (Å²) in [5.41, 5.74) is 0.526. The molecule has 0 unspecified atom stereocenters. The van der Waals surface area contributed by atoms with Crippen molar-refractivity contribution in [3.8, 4) is 0 Å². The Labute approximate surface area is 115 Å². The Kier molecular flexibility index (Phi) is 5.19. The number of carbonyl (C=O) groups is 2. The molecule has 1 rings (SSSR count). The third-order valence-electron chi connectivity index (χ3n) is 1.99. The van der Waals surface area contributed by atoms with Gasteiger partial charge in [0.25, 0.3) is 0 Å². The minimum Gasteiger partial charge on any atom is -0.466 e. The van der Waals surface area contributed by atoms with E-state index >= 15 is 0 Å². The van der Waals surface area contributed by atoms with Crippen LogP contribution in [0.25, 0.3) is 0 Å². The summed E-state index contributed by atoms with van der Waals surface area (Å²) in [5, 5.41) is 3.37. The lowest BCUT2D eigenvalue weighted by Crippen LogP contribution is -2.15. The topological polar surface area (TPSA) is 55.4 Å². The second-order valence-corrected chi connectivity index (χ2v) is 4.35. The van der Waals surface area contributed by atoms with E-state index in [0.29, 0.717) is 15.7 Å². The van der Waals surface area contributed by atoms with Crippen LogP contribution in [0.5, 0.6) is 0 Å².